The zero-order chi connectivity index (χ0) is 4.41. The second-order valence-electron chi connectivity index (χ2n) is 1.47. The average molecular weight is 119 g/mol. The van der Waals surface area contributed by atoms with Crippen molar-refractivity contribution in [1.82, 2.24) is 0 Å². The third-order valence-electron chi connectivity index (χ3n) is 0.794. The van der Waals surface area contributed by atoms with Crippen LogP contribution in [0.3, 0.4) is 0 Å². The highest BCUT2D eigenvalue weighted by molar-refractivity contribution is 5.85. The number of aliphatic imine (C=N–C) groups is 1. The second kappa shape index (κ2) is 2.78. The Bertz CT molecular complexity index is 91.9. The fourth-order valence-electron chi connectivity index (χ4n) is 0.295. The van der Waals surface area contributed by atoms with Gasteiger partial charge in [0.1, 0.15) is 0 Å². The molecule has 0 unspecified atom stereocenters. The number of nitrogens with zero attached hydrogens (tertiary/aromatic N) is 1. The minimum absolute atomic E-state index is 0. The van der Waals surface area contributed by atoms with E-state index >= 15 is 0 Å². The van der Waals surface area contributed by atoms with Gasteiger partial charge in [-0.25, -0.2) is 10.4 Å². The lowest BCUT2D eigenvalue weighted by Crippen LogP contribution is -1.65. The first-order valence-corrected chi connectivity index (χ1v) is 2.05. The topological polar surface area (TPSA) is 36.2 Å². The summed E-state index contributed by atoms with van der Waals surface area (Å²) >= 11 is 0. The van der Waals surface area contributed by atoms with E-state index in [9.17, 15) is 0 Å². The standard InChI is InChI=1S/C4H6N2.ClH/c5-3-6-4-1-2-4;/h4-5H,1-2H2;1H. The SMILES string of the molecule is Cl.N=C=NC1CC1. The van der Waals surface area contributed by atoms with Gasteiger partial charge in [-0.1, -0.05) is 0 Å². The molecule has 3 heteroatoms. The van der Waals surface area contributed by atoms with Crippen LogP contribution in [0, 0.1) is 5.41 Å². The molecule has 0 aromatic rings. The summed E-state index contributed by atoms with van der Waals surface area (Å²) in [5.74, 6) is 0. The van der Waals surface area contributed by atoms with Crippen molar-refractivity contribution in [3.05, 3.63) is 0 Å². The van der Waals surface area contributed by atoms with Crippen molar-refractivity contribution in [2.75, 3.05) is 0 Å². The minimum atomic E-state index is 0. The zero-order valence-corrected chi connectivity index (χ0v) is 4.66. The van der Waals surface area contributed by atoms with Gasteiger partial charge in [-0.3, -0.25) is 0 Å². The van der Waals surface area contributed by atoms with E-state index in [1.807, 2.05) is 6.01 Å². The van der Waals surface area contributed by atoms with E-state index in [0.717, 1.165) is 0 Å². The summed E-state index contributed by atoms with van der Waals surface area (Å²) in [6.07, 6.45) is 2.35. The van der Waals surface area contributed by atoms with Crippen LogP contribution in [-0.2, 0) is 0 Å². The van der Waals surface area contributed by atoms with Crippen LogP contribution in [0.4, 0.5) is 0 Å². The quantitative estimate of drug-likeness (QED) is 0.505. The Kier molecular flexibility index (Phi) is 2.65. The lowest BCUT2D eigenvalue weighted by molar-refractivity contribution is 1.07. The van der Waals surface area contributed by atoms with Crippen LogP contribution >= 0.6 is 12.4 Å². The lowest BCUT2D eigenvalue weighted by atomic mass is 10.8. The first-order chi connectivity index (χ1) is 2.93. The number of hydrogen-bond donors (Lipinski definition) is 1. The molecule has 1 rings (SSSR count). The maximum Gasteiger partial charge on any atom is 0.0864 e. The molecule has 1 N–H and O–H groups in total. The van der Waals surface area contributed by atoms with Crippen molar-refractivity contribution >= 4 is 18.4 Å². The molecule has 1 aliphatic carbocycles. The number of hydrogen-bond acceptors (Lipinski definition) is 2. The zero-order valence-electron chi connectivity index (χ0n) is 3.85. The minimum Gasteiger partial charge on any atom is -0.242 e. The van der Waals surface area contributed by atoms with E-state index in [1.165, 1.54) is 12.8 Å². The highest BCUT2D eigenvalue weighted by atomic mass is 35.5. The van der Waals surface area contributed by atoms with Gasteiger partial charge in [0.2, 0.25) is 0 Å². The molecule has 0 saturated heterocycles. The fourth-order valence-corrected chi connectivity index (χ4v) is 0.295. The number of nitrogens with one attached hydrogen (secondary N) is 1. The highest BCUT2D eigenvalue weighted by Gasteiger charge is 2.18. The van der Waals surface area contributed by atoms with E-state index < -0.39 is 0 Å². The largest absolute Gasteiger partial charge is 0.242 e. The van der Waals surface area contributed by atoms with Crippen molar-refractivity contribution in [1.29, 1.82) is 5.41 Å². The molecule has 0 spiro atoms. The molecule has 0 atom stereocenters. The molecular formula is C4H7ClN2. The molecule has 0 aliphatic heterocycles. The van der Waals surface area contributed by atoms with Gasteiger partial charge in [-0.15, -0.1) is 12.4 Å². The van der Waals surface area contributed by atoms with Crippen molar-refractivity contribution in [2.24, 2.45) is 4.99 Å². The monoisotopic (exact) mass is 118 g/mol. The molecular weight excluding hydrogens is 112 g/mol. The summed E-state index contributed by atoms with van der Waals surface area (Å²) in [7, 11) is 0. The van der Waals surface area contributed by atoms with Crippen molar-refractivity contribution in [2.45, 2.75) is 18.9 Å². The van der Waals surface area contributed by atoms with Gasteiger partial charge in [0.05, 0.1) is 12.1 Å². The smallest absolute Gasteiger partial charge is 0.0864 e. The summed E-state index contributed by atoms with van der Waals surface area (Å²) in [6.45, 7) is 0. The molecule has 1 aliphatic rings. The molecule has 0 bridgehead atoms. The summed E-state index contributed by atoms with van der Waals surface area (Å²) in [6, 6.07) is 2.48. The van der Waals surface area contributed by atoms with Crippen LogP contribution < -0.4 is 0 Å². The number of halogens is 1. The molecule has 0 heterocycles. The van der Waals surface area contributed by atoms with E-state index in [1.54, 1.807) is 0 Å². The number of rotatable bonds is 1. The molecule has 7 heavy (non-hydrogen) atoms. The van der Waals surface area contributed by atoms with Crippen molar-refractivity contribution in [3.63, 3.8) is 0 Å². The summed E-state index contributed by atoms with van der Waals surface area (Å²) in [5, 5.41) is 6.36. The molecule has 0 radical (unpaired) electrons. The van der Waals surface area contributed by atoms with Crippen LogP contribution in [0.2, 0.25) is 0 Å². The van der Waals surface area contributed by atoms with Crippen LogP contribution in [0.15, 0.2) is 4.99 Å². The highest BCUT2D eigenvalue weighted by Crippen LogP contribution is 2.22. The van der Waals surface area contributed by atoms with Crippen LogP contribution in [0.25, 0.3) is 0 Å². The van der Waals surface area contributed by atoms with Crippen LogP contribution in [-0.4, -0.2) is 12.1 Å². The maximum atomic E-state index is 6.36. The molecule has 1 saturated carbocycles. The fraction of sp³-hybridized carbons (Fsp3) is 0.750. The Morgan fingerprint density at radius 2 is 2.14 bits per heavy atom. The van der Waals surface area contributed by atoms with E-state index in [-0.39, 0.29) is 12.4 Å². The molecule has 0 amide bonds. The lowest BCUT2D eigenvalue weighted by Gasteiger charge is -1.65. The van der Waals surface area contributed by atoms with E-state index in [2.05, 4.69) is 4.99 Å². The van der Waals surface area contributed by atoms with Gasteiger partial charge < -0.3 is 0 Å². The maximum absolute atomic E-state index is 6.36. The van der Waals surface area contributed by atoms with Gasteiger partial charge in [0.25, 0.3) is 0 Å². The van der Waals surface area contributed by atoms with E-state index in [4.69, 9.17) is 5.41 Å². The normalized spacial score (nSPS) is 16.6. The van der Waals surface area contributed by atoms with Gasteiger partial charge in [0.15, 0.2) is 0 Å². The van der Waals surface area contributed by atoms with E-state index in [0.29, 0.717) is 6.04 Å². The van der Waals surface area contributed by atoms with Crippen LogP contribution in [0.5, 0.6) is 0 Å². The first kappa shape index (κ1) is 6.67. The van der Waals surface area contributed by atoms with Gasteiger partial charge in [-0.2, -0.15) is 0 Å². The average Bonchev–Trinajstić information content (AvgIpc) is 2.21. The molecule has 2 nitrogen and oxygen atoms in total. The Balaban J connectivity index is 0.000000360. The summed E-state index contributed by atoms with van der Waals surface area (Å²) in [4.78, 5) is 3.65. The summed E-state index contributed by atoms with van der Waals surface area (Å²) in [5.41, 5.74) is 0. The molecule has 0 aromatic heterocycles. The Labute approximate surface area is 48.6 Å². The molecule has 1 fully saturated rings. The molecule has 40 valence electrons. The third-order valence-corrected chi connectivity index (χ3v) is 0.794. The first-order valence-electron chi connectivity index (χ1n) is 2.05. The Morgan fingerprint density at radius 3 is 2.29 bits per heavy atom. The predicted molar refractivity (Wildman–Crippen MR) is 30.4 cm³/mol. The summed E-state index contributed by atoms with van der Waals surface area (Å²) < 4.78 is 0. The van der Waals surface area contributed by atoms with Gasteiger partial charge in [-0.05, 0) is 12.8 Å². The van der Waals surface area contributed by atoms with Crippen LogP contribution in [0.1, 0.15) is 12.8 Å². The molecule has 0 aromatic carbocycles. The second-order valence-corrected chi connectivity index (χ2v) is 1.47. The van der Waals surface area contributed by atoms with Gasteiger partial charge >= 0.3 is 0 Å². The predicted octanol–water partition coefficient (Wildman–Crippen LogP) is 1.32. The Hall–Kier alpha value is -0.330. The Morgan fingerprint density at radius 1 is 1.57 bits per heavy atom. The van der Waals surface area contributed by atoms with Crippen molar-refractivity contribution < 1.29 is 0 Å². The third kappa shape index (κ3) is 2.38. The van der Waals surface area contributed by atoms with Crippen molar-refractivity contribution in [3.8, 4) is 0 Å². The van der Waals surface area contributed by atoms with Gasteiger partial charge in [0, 0.05) is 0 Å².